The molecule has 1 heterocycles. The SMILES string of the molecule is CC(NCCOCCO)c1cccnc1Cl. The van der Waals surface area contributed by atoms with Crippen molar-refractivity contribution in [1.29, 1.82) is 0 Å². The largest absolute Gasteiger partial charge is 0.394 e. The molecule has 0 aliphatic carbocycles. The van der Waals surface area contributed by atoms with Gasteiger partial charge in [0.15, 0.2) is 0 Å². The number of nitrogens with one attached hydrogen (secondary N) is 1. The summed E-state index contributed by atoms with van der Waals surface area (Å²) in [5.74, 6) is 0. The molecule has 1 atom stereocenters. The Morgan fingerprint density at radius 1 is 1.56 bits per heavy atom. The average molecular weight is 245 g/mol. The first-order valence-corrected chi connectivity index (χ1v) is 5.66. The van der Waals surface area contributed by atoms with Crippen molar-refractivity contribution in [1.82, 2.24) is 10.3 Å². The lowest BCUT2D eigenvalue weighted by molar-refractivity contribution is 0.0928. The van der Waals surface area contributed by atoms with Crippen LogP contribution in [0, 0.1) is 0 Å². The minimum Gasteiger partial charge on any atom is -0.394 e. The molecule has 0 aliphatic rings. The average Bonchev–Trinajstić information content (AvgIpc) is 2.29. The number of hydrogen-bond acceptors (Lipinski definition) is 4. The number of halogens is 1. The smallest absolute Gasteiger partial charge is 0.133 e. The molecule has 16 heavy (non-hydrogen) atoms. The molecule has 2 N–H and O–H groups in total. The van der Waals surface area contributed by atoms with E-state index in [1.165, 1.54) is 0 Å². The number of hydrogen-bond donors (Lipinski definition) is 2. The molecule has 4 nitrogen and oxygen atoms in total. The van der Waals surface area contributed by atoms with Crippen molar-refractivity contribution < 1.29 is 9.84 Å². The van der Waals surface area contributed by atoms with Gasteiger partial charge in [-0.3, -0.25) is 0 Å². The highest BCUT2D eigenvalue weighted by Crippen LogP contribution is 2.19. The Hall–Kier alpha value is -0.680. The van der Waals surface area contributed by atoms with Gasteiger partial charge in [0, 0.05) is 24.3 Å². The molecule has 1 unspecified atom stereocenters. The van der Waals surface area contributed by atoms with Crippen molar-refractivity contribution in [2.24, 2.45) is 0 Å². The third-order valence-electron chi connectivity index (χ3n) is 2.19. The molecule has 0 fully saturated rings. The predicted octanol–water partition coefficient (Wildman–Crippen LogP) is 1.39. The van der Waals surface area contributed by atoms with Crippen LogP contribution in [0.5, 0.6) is 0 Å². The van der Waals surface area contributed by atoms with Crippen LogP contribution >= 0.6 is 11.6 Å². The van der Waals surface area contributed by atoms with E-state index in [1.807, 2.05) is 19.1 Å². The van der Waals surface area contributed by atoms with Crippen molar-refractivity contribution in [3.05, 3.63) is 29.0 Å². The van der Waals surface area contributed by atoms with Gasteiger partial charge < -0.3 is 15.2 Å². The summed E-state index contributed by atoms with van der Waals surface area (Å²) in [6.45, 7) is 3.75. The number of pyridine rings is 1. The van der Waals surface area contributed by atoms with E-state index >= 15 is 0 Å². The summed E-state index contributed by atoms with van der Waals surface area (Å²) >= 11 is 5.97. The van der Waals surface area contributed by atoms with Gasteiger partial charge in [0.05, 0.1) is 19.8 Å². The quantitative estimate of drug-likeness (QED) is 0.562. The van der Waals surface area contributed by atoms with Crippen LogP contribution in [0.4, 0.5) is 0 Å². The minimum atomic E-state index is 0.0595. The Bertz CT molecular complexity index is 310. The van der Waals surface area contributed by atoms with E-state index in [9.17, 15) is 0 Å². The van der Waals surface area contributed by atoms with Crippen LogP contribution in [0.1, 0.15) is 18.5 Å². The molecule has 1 aromatic rings. The maximum Gasteiger partial charge on any atom is 0.133 e. The highest BCUT2D eigenvalue weighted by Gasteiger charge is 2.08. The monoisotopic (exact) mass is 244 g/mol. The van der Waals surface area contributed by atoms with Crippen molar-refractivity contribution >= 4 is 11.6 Å². The summed E-state index contributed by atoms with van der Waals surface area (Å²) in [7, 11) is 0. The van der Waals surface area contributed by atoms with Gasteiger partial charge in [-0.2, -0.15) is 0 Å². The van der Waals surface area contributed by atoms with Gasteiger partial charge in [-0.1, -0.05) is 17.7 Å². The van der Waals surface area contributed by atoms with E-state index < -0.39 is 0 Å². The van der Waals surface area contributed by atoms with Crippen LogP contribution in [-0.2, 0) is 4.74 Å². The Morgan fingerprint density at radius 3 is 3.06 bits per heavy atom. The maximum absolute atomic E-state index is 8.52. The Labute approximate surface area is 101 Å². The Balaban J connectivity index is 2.30. The molecular formula is C11H17ClN2O2. The molecule has 90 valence electrons. The van der Waals surface area contributed by atoms with E-state index in [4.69, 9.17) is 21.4 Å². The lowest BCUT2D eigenvalue weighted by Crippen LogP contribution is -2.24. The summed E-state index contributed by atoms with van der Waals surface area (Å²) in [6, 6.07) is 3.95. The third-order valence-corrected chi connectivity index (χ3v) is 2.50. The molecule has 0 aliphatic heterocycles. The zero-order valence-electron chi connectivity index (χ0n) is 9.32. The molecule has 0 saturated heterocycles. The first-order valence-electron chi connectivity index (χ1n) is 5.28. The lowest BCUT2D eigenvalue weighted by Gasteiger charge is -2.14. The zero-order chi connectivity index (χ0) is 11.8. The minimum absolute atomic E-state index is 0.0595. The number of aromatic nitrogens is 1. The van der Waals surface area contributed by atoms with Crippen LogP contribution in [0.2, 0.25) is 5.15 Å². The van der Waals surface area contributed by atoms with Gasteiger partial charge >= 0.3 is 0 Å². The highest BCUT2D eigenvalue weighted by atomic mass is 35.5. The zero-order valence-corrected chi connectivity index (χ0v) is 10.1. The fraction of sp³-hybridized carbons (Fsp3) is 0.545. The predicted molar refractivity (Wildman–Crippen MR) is 63.6 cm³/mol. The summed E-state index contributed by atoms with van der Waals surface area (Å²) < 4.78 is 5.14. The third kappa shape index (κ3) is 4.45. The number of aliphatic hydroxyl groups excluding tert-OH is 1. The van der Waals surface area contributed by atoms with Gasteiger partial charge in [-0.25, -0.2) is 4.98 Å². The fourth-order valence-electron chi connectivity index (χ4n) is 1.35. The lowest BCUT2D eigenvalue weighted by atomic mass is 10.1. The van der Waals surface area contributed by atoms with Crippen LogP contribution in [0.15, 0.2) is 18.3 Å². The number of aliphatic hydroxyl groups is 1. The number of ether oxygens (including phenoxy) is 1. The molecule has 0 amide bonds. The summed E-state index contributed by atoms with van der Waals surface area (Å²) in [4.78, 5) is 4.02. The normalized spacial score (nSPS) is 12.7. The molecule has 0 saturated carbocycles. The van der Waals surface area contributed by atoms with Gasteiger partial charge in [0.1, 0.15) is 5.15 Å². The topological polar surface area (TPSA) is 54.4 Å². The molecular weight excluding hydrogens is 228 g/mol. The van der Waals surface area contributed by atoms with E-state index in [2.05, 4.69) is 10.3 Å². The highest BCUT2D eigenvalue weighted by molar-refractivity contribution is 6.30. The fourth-order valence-corrected chi connectivity index (χ4v) is 1.63. The van der Waals surface area contributed by atoms with E-state index in [0.717, 1.165) is 5.56 Å². The molecule has 1 aromatic heterocycles. The second-order valence-corrected chi connectivity index (χ2v) is 3.75. The van der Waals surface area contributed by atoms with E-state index in [-0.39, 0.29) is 12.6 Å². The van der Waals surface area contributed by atoms with Crippen LogP contribution in [0.3, 0.4) is 0 Å². The number of rotatable bonds is 7. The van der Waals surface area contributed by atoms with Gasteiger partial charge in [-0.15, -0.1) is 0 Å². The van der Waals surface area contributed by atoms with Crippen LogP contribution in [-0.4, -0.2) is 36.5 Å². The first-order chi connectivity index (χ1) is 7.75. The van der Waals surface area contributed by atoms with Gasteiger partial charge in [-0.05, 0) is 13.0 Å². The molecule has 5 heteroatoms. The first kappa shape index (κ1) is 13.4. The van der Waals surface area contributed by atoms with Crippen LogP contribution < -0.4 is 5.32 Å². The van der Waals surface area contributed by atoms with Gasteiger partial charge in [0.25, 0.3) is 0 Å². The molecule has 0 radical (unpaired) electrons. The summed E-state index contributed by atoms with van der Waals surface area (Å²) in [6.07, 6.45) is 1.67. The standard InChI is InChI=1S/C11H17ClN2O2/c1-9(13-5-7-16-8-6-15)10-3-2-4-14-11(10)12/h2-4,9,13,15H,5-8H2,1H3. The Kier molecular flexibility index (Phi) is 6.33. The summed E-state index contributed by atoms with van der Waals surface area (Å²) in [5, 5.41) is 12.3. The second-order valence-electron chi connectivity index (χ2n) is 3.40. The summed E-state index contributed by atoms with van der Waals surface area (Å²) in [5.41, 5.74) is 0.978. The molecule has 0 aromatic carbocycles. The number of nitrogens with zero attached hydrogens (tertiary/aromatic N) is 1. The molecule has 0 bridgehead atoms. The Morgan fingerprint density at radius 2 is 2.38 bits per heavy atom. The van der Waals surface area contributed by atoms with E-state index in [1.54, 1.807) is 6.20 Å². The van der Waals surface area contributed by atoms with Gasteiger partial charge in [0.2, 0.25) is 0 Å². The second kappa shape index (κ2) is 7.57. The maximum atomic E-state index is 8.52. The van der Waals surface area contributed by atoms with Crippen molar-refractivity contribution in [3.8, 4) is 0 Å². The van der Waals surface area contributed by atoms with Crippen LogP contribution in [0.25, 0.3) is 0 Å². The van der Waals surface area contributed by atoms with Crippen molar-refractivity contribution in [2.45, 2.75) is 13.0 Å². The molecule has 0 spiro atoms. The van der Waals surface area contributed by atoms with E-state index in [0.29, 0.717) is 24.9 Å². The van der Waals surface area contributed by atoms with Crippen molar-refractivity contribution in [2.75, 3.05) is 26.4 Å². The van der Waals surface area contributed by atoms with Crippen molar-refractivity contribution in [3.63, 3.8) is 0 Å². The molecule has 1 rings (SSSR count).